The first-order valence-electron chi connectivity index (χ1n) is 13.9. The number of rotatable bonds is 14. The number of unbranched alkanes of at least 4 members (excludes halogenated alkanes) is 1. The minimum absolute atomic E-state index is 0.00415. The summed E-state index contributed by atoms with van der Waals surface area (Å²) in [5.41, 5.74) is -1.94. The van der Waals surface area contributed by atoms with Crippen molar-refractivity contribution in [1.82, 2.24) is 14.7 Å². The van der Waals surface area contributed by atoms with Gasteiger partial charge in [0.05, 0.1) is 31.3 Å². The summed E-state index contributed by atoms with van der Waals surface area (Å²) >= 11 is 0. The monoisotopic (exact) mass is 533 g/mol. The quantitative estimate of drug-likeness (QED) is 0.200. The number of carbonyl (C=O) groups is 3. The Hall–Kier alpha value is -2.27. The van der Waals surface area contributed by atoms with E-state index in [4.69, 9.17) is 14.2 Å². The fourth-order valence-electron chi connectivity index (χ4n) is 6.74. The summed E-state index contributed by atoms with van der Waals surface area (Å²) in [5, 5.41) is 9.35. The Morgan fingerprint density at radius 3 is 2.63 bits per heavy atom. The molecule has 4 heterocycles. The van der Waals surface area contributed by atoms with Gasteiger partial charge in [0.15, 0.2) is 0 Å². The summed E-state index contributed by atoms with van der Waals surface area (Å²) in [6.45, 7) is 14.4. The third-order valence-electron chi connectivity index (χ3n) is 8.59. The van der Waals surface area contributed by atoms with Crippen LogP contribution < -0.4 is 0 Å². The molecule has 0 radical (unpaired) electrons. The van der Waals surface area contributed by atoms with Gasteiger partial charge in [-0.3, -0.25) is 19.3 Å². The van der Waals surface area contributed by atoms with Crippen LogP contribution in [0.3, 0.4) is 0 Å². The van der Waals surface area contributed by atoms with Crippen LogP contribution in [-0.4, -0.2) is 121 Å². The summed E-state index contributed by atoms with van der Waals surface area (Å²) < 4.78 is 17.6. The van der Waals surface area contributed by atoms with Crippen LogP contribution >= 0.6 is 0 Å². The van der Waals surface area contributed by atoms with Crippen molar-refractivity contribution < 1.29 is 33.7 Å². The van der Waals surface area contributed by atoms with E-state index in [0.29, 0.717) is 71.5 Å². The number of carbonyl (C=O) groups excluding carboxylic acids is 3. The van der Waals surface area contributed by atoms with Gasteiger partial charge in [-0.25, -0.2) is 0 Å². The van der Waals surface area contributed by atoms with Crippen molar-refractivity contribution in [2.45, 2.75) is 56.3 Å². The SMILES string of the molecule is C=CCCOC(=O)[C@H]1[C@H]2C(=O)N(CCCCO)C(C(=O)N(CC=C)CCN3CCOCC3)C23CC[C@]1(C)O3. The van der Waals surface area contributed by atoms with Gasteiger partial charge in [0.25, 0.3) is 0 Å². The molecule has 2 amide bonds. The second kappa shape index (κ2) is 12.3. The van der Waals surface area contributed by atoms with E-state index in [-0.39, 0.29) is 25.0 Å². The van der Waals surface area contributed by atoms with Gasteiger partial charge >= 0.3 is 5.97 Å². The Kier molecular flexibility index (Phi) is 9.28. The zero-order valence-corrected chi connectivity index (χ0v) is 22.6. The molecule has 10 nitrogen and oxygen atoms in total. The molecule has 0 aromatic rings. The van der Waals surface area contributed by atoms with E-state index in [9.17, 15) is 19.5 Å². The molecule has 4 aliphatic heterocycles. The summed E-state index contributed by atoms with van der Waals surface area (Å²) in [6, 6.07) is -0.837. The van der Waals surface area contributed by atoms with Gasteiger partial charge in [0.1, 0.15) is 17.6 Å². The van der Waals surface area contributed by atoms with Crippen LogP contribution in [0.25, 0.3) is 0 Å². The van der Waals surface area contributed by atoms with E-state index in [1.54, 1.807) is 22.0 Å². The molecule has 0 aromatic carbocycles. The molecule has 1 spiro atoms. The van der Waals surface area contributed by atoms with Crippen molar-refractivity contribution in [3.63, 3.8) is 0 Å². The number of aliphatic hydroxyl groups excluding tert-OH is 1. The molecule has 10 heteroatoms. The number of hydrogen-bond acceptors (Lipinski definition) is 8. The maximum atomic E-state index is 14.3. The Labute approximate surface area is 225 Å². The van der Waals surface area contributed by atoms with Crippen molar-refractivity contribution in [2.24, 2.45) is 11.8 Å². The fourth-order valence-corrected chi connectivity index (χ4v) is 6.74. The third kappa shape index (κ3) is 5.28. The minimum Gasteiger partial charge on any atom is -0.465 e. The maximum Gasteiger partial charge on any atom is 0.312 e. The third-order valence-corrected chi connectivity index (χ3v) is 8.59. The topological polar surface area (TPSA) is 109 Å². The van der Waals surface area contributed by atoms with Crippen molar-refractivity contribution in [2.75, 3.05) is 65.7 Å². The second-order valence-corrected chi connectivity index (χ2v) is 11.0. The van der Waals surface area contributed by atoms with Crippen LogP contribution in [0.2, 0.25) is 0 Å². The van der Waals surface area contributed by atoms with Crippen molar-refractivity contribution in [3.05, 3.63) is 25.3 Å². The molecule has 0 aliphatic carbocycles. The van der Waals surface area contributed by atoms with Crippen molar-refractivity contribution in [3.8, 4) is 0 Å². The smallest absolute Gasteiger partial charge is 0.312 e. The van der Waals surface area contributed by atoms with Gasteiger partial charge in [-0.2, -0.15) is 0 Å². The molecule has 4 rings (SSSR count). The number of hydrogen-bond donors (Lipinski definition) is 1. The molecule has 4 fully saturated rings. The molecule has 2 bridgehead atoms. The van der Waals surface area contributed by atoms with E-state index < -0.39 is 35.0 Å². The highest BCUT2D eigenvalue weighted by Gasteiger charge is 2.78. The van der Waals surface area contributed by atoms with E-state index in [0.717, 1.165) is 13.1 Å². The molecule has 38 heavy (non-hydrogen) atoms. The molecular weight excluding hydrogens is 490 g/mol. The van der Waals surface area contributed by atoms with E-state index >= 15 is 0 Å². The predicted octanol–water partition coefficient (Wildman–Crippen LogP) is 0.990. The first-order valence-corrected chi connectivity index (χ1v) is 13.9. The molecule has 2 unspecified atom stereocenters. The molecule has 4 aliphatic rings. The summed E-state index contributed by atoms with van der Waals surface area (Å²) in [5.74, 6) is -2.41. The second-order valence-electron chi connectivity index (χ2n) is 11.0. The van der Waals surface area contributed by atoms with Gasteiger partial charge in [0.2, 0.25) is 11.8 Å². The predicted molar refractivity (Wildman–Crippen MR) is 140 cm³/mol. The van der Waals surface area contributed by atoms with Crippen LogP contribution in [0, 0.1) is 11.8 Å². The number of morpholine rings is 1. The summed E-state index contributed by atoms with van der Waals surface area (Å²) in [7, 11) is 0. The first kappa shape index (κ1) is 28.7. The highest BCUT2D eigenvalue weighted by Crippen LogP contribution is 2.63. The van der Waals surface area contributed by atoms with E-state index in [1.807, 2.05) is 6.92 Å². The summed E-state index contributed by atoms with van der Waals surface area (Å²) in [6.07, 6.45) is 6.06. The molecule has 1 N–H and O–H groups in total. The van der Waals surface area contributed by atoms with E-state index in [2.05, 4.69) is 18.1 Å². The van der Waals surface area contributed by atoms with Crippen LogP contribution in [-0.2, 0) is 28.6 Å². The lowest BCUT2D eigenvalue weighted by atomic mass is 9.66. The highest BCUT2D eigenvalue weighted by molar-refractivity contribution is 5.98. The van der Waals surface area contributed by atoms with Crippen LogP contribution in [0.4, 0.5) is 0 Å². The maximum absolute atomic E-state index is 14.3. The summed E-state index contributed by atoms with van der Waals surface area (Å²) in [4.78, 5) is 47.2. The van der Waals surface area contributed by atoms with Gasteiger partial charge in [0, 0.05) is 45.9 Å². The number of amides is 2. The number of aliphatic hydroxyl groups is 1. The highest BCUT2D eigenvalue weighted by atomic mass is 16.6. The molecular formula is C28H43N3O7. The number of ether oxygens (including phenoxy) is 3. The van der Waals surface area contributed by atoms with Crippen molar-refractivity contribution in [1.29, 1.82) is 0 Å². The average molecular weight is 534 g/mol. The lowest BCUT2D eigenvalue weighted by Crippen LogP contribution is -2.57. The number of esters is 1. The number of likely N-dealkylation sites (tertiary alicyclic amines) is 1. The van der Waals surface area contributed by atoms with E-state index in [1.165, 1.54) is 0 Å². The van der Waals surface area contributed by atoms with Crippen LogP contribution in [0.1, 0.15) is 39.0 Å². The largest absolute Gasteiger partial charge is 0.465 e. The normalized spacial score (nSPS) is 32.3. The average Bonchev–Trinajstić information content (AvgIpc) is 3.48. The fraction of sp³-hybridized carbons (Fsp3) is 0.750. The standard InChI is InChI=1S/C28H43N3O7/c1-4-6-18-37-26(35)22-21-24(33)31(12-7-8-17-32)23(28(21)10-9-27(22,3)38-28)25(34)30(11-5-2)14-13-29-15-19-36-20-16-29/h4-5,21-23,32H,1-2,6-20H2,3H3/t21-,22+,23?,27-,28?/m0/s1. The zero-order chi connectivity index (χ0) is 27.3. The van der Waals surface area contributed by atoms with Gasteiger partial charge in [-0.1, -0.05) is 12.2 Å². The Morgan fingerprint density at radius 1 is 1.18 bits per heavy atom. The molecule has 212 valence electrons. The number of fused-ring (bicyclic) bond motifs is 1. The first-order chi connectivity index (χ1) is 18.3. The van der Waals surface area contributed by atoms with Gasteiger partial charge in [-0.05, 0) is 39.0 Å². The Morgan fingerprint density at radius 2 is 1.95 bits per heavy atom. The lowest BCUT2D eigenvalue weighted by molar-refractivity contribution is -0.160. The zero-order valence-electron chi connectivity index (χ0n) is 22.6. The lowest BCUT2D eigenvalue weighted by Gasteiger charge is -2.37. The molecule has 0 saturated carbocycles. The van der Waals surface area contributed by atoms with Gasteiger partial charge in [-0.15, -0.1) is 13.2 Å². The minimum atomic E-state index is -1.08. The Bertz CT molecular complexity index is 907. The van der Waals surface area contributed by atoms with Gasteiger partial charge < -0.3 is 29.1 Å². The molecule has 4 saturated heterocycles. The van der Waals surface area contributed by atoms with Crippen molar-refractivity contribution >= 4 is 17.8 Å². The van der Waals surface area contributed by atoms with Crippen LogP contribution in [0.15, 0.2) is 25.3 Å². The number of nitrogens with zero attached hydrogens (tertiary/aromatic N) is 3. The Balaban J connectivity index is 1.62. The van der Waals surface area contributed by atoms with Crippen LogP contribution in [0.5, 0.6) is 0 Å². The molecule has 5 atom stereocenters. The molecule has 0 aromatic heterocycles.